The standard InChI is InChI=1S/C58H78O18/c1-34(2)24-36-14-19-42(46(25-36)65-7)73-51(30-59)57(70-12)39-17-22-45(49(28-39)68-10)76-54(33-64-6)56(62)38-16-21-43(48(27-38)67-9)74-52(31-60)58(71-13)40-18-23-44(50(29-40)69-11)75-53(32-63-5)55(61)37-15-20-41(72-35(3)4)47(26-37)66-8/h14-23,25-29,34-35,51-62H,24,30-33H2,1-13H3. The molecule has 18 nitrogen and oxygen atoms in total. The number of benzene rings is 5. The molecule has 8 atom stereocenters. The topological polar surface area (TPSA) is 210 Å². The van der Waals surface area contributed by atoms with E-state index in [-0.39, 0.29) is 37.4 Å². The van der Waals surface area contributed by atoms with Gasteiger partial charge < -0.3 is 86.7 Å². The summed E-state index contributed by atoms with van der Waals surface area (Å²) in [5.74, 6) is 4.24. The molecule has 0 heterocycles. The molecule has 5 aromatic rings. The molecular weight excluding hydrogens is 985 g/mol. The van der Waals surface area contributed by atoms with Gasteiger partial charge in [-0.1, -0.05) is 44.2 Å². The summed E-state index contributed by atoms with van der Waals surface area (Å²) >= 11 is 0. The van der Waals surface area contributed by atoms with Crippen molar-refractivity contribution in [3.05, 3.63) is 119 Å². The molecule has 0 aliphatic carbocycles. The van der Waals surface area contributed by atoms with Crippen LogP contribution in [0.2, 0.25) is 0 Å². The van der Waals surface area contributed by atoms with Crippen molar-refractivity contribution in [3.8, 4) is 57.5 Å². The Hall–Kier alpha value is -6.22. The lowest BCUT2D eigenvalue weighted by atomic mass is 10.0. The zero-order valence-electron chi connectivity index (χ0n) is 46.0. The van der Waals surface area contributed by atoms with E-state index in [1.165, 1.54) is 56.9 Å². The number of hydrogen-bond acceptors (Lipinski definition) is 18. The smallest absolute Gasteiger partial charge is 0.161 e. The lowest BCUT2D eigenvalue weighted by Crippen LogP contribution is -2.32. The second-order valence-electron chi connectivity index (χ2n) is 18.5. The Kier molecular flexibility index (Phi) is 23.9. The minimum Gasteiger partial charge on any atom is -0.493 e. The van der Waals surface area contributed by atoms with Gasteiger partial charge in [0.05, 0.1) is 68.1 Å². The third-order valence-corrected chi connectivity index (χ3v) is 12.3. The third kappa shape index (κ3) is 15.7. The molecule has 18 heteroatoms. The summed E-state index contributed by atoms with van der Waals surface area (Å²) in [5, 5.41) is 44.7. The number of ether oxygens (including phenoxy) is 14. The highest BCUT2D eigenvalue weighted by molar-refractivity contribution is 5.49. The van der Waals surface area contributed by atoms with Gasteiger partial charge in [0.25, 0.3) is 0 Å². The number of rotatable bonds is 33. The van der Waals surface area contributed by atoms with Gasteiger partial charge in [-0.25, -0.2) is 0 Å². The lowest BCUT2D eigenvalue weighted by molar-refractivity contribution is -0.0271. The van der Waals surface area contributed by atoms with Crippen molar-refractivity contribution in [2.45, 2.75) is 89.1 Å². The molecule has 76 heavy (non-hydrogen) atoms. The van der Waals surface area contributed by atoms with Gasteiger partial charge >= 0.3 is 0 Å². The lowest BCUT2D eigenvalue weighted by Gasteiger charge is -2.29. The summed E-state index contributed by atoms with van der Waals surface area (Å²) in [4.78, 5) is 0. The molecule has 0 saturated heterocycles. The first-order valence-electron chi connectivity index (χ1n) is 25.0. The van der Waals surface area contributed by atoms with Crippen LogP contribution >= 0.6 is 0 Å². The summed E-state index contributed by atoms with van der Waals surface area (Å²) in [6.45, 7) is 7.29. The van der Waals surface area contributed by atoms with Crippen LogP contribution in [0.25, 0.3) is 0 Å². The van der Waals surface area contributed by atoms with E-state index in [0.29, 0.717) is 74.2 Å². The van der Waals surface area contributed by atoms with Gasteiger partial charge in [-0.3, -0.25) is 0 Å². The van der Waals surface area contributed by atoms with Gasteiger partial charge in [0, 0.05) is 28.4 Å². The zero-order chi connectivity index (χ0) is 55.5. The first-order valence-corrected chi connectivity index (χ1v) is 25.0. The van der Waals surface area contributed by atoms with Crippen LogP contribution in [0.15, 0.2) is 91.0 Å². The molecule has 0 aromatic heterocycles. The van der Waals surface area contributed by atoms with E-state index in [0.717, 1.165) is 12.0 Å². The Morgan fingerprint density at radius 1 is 0.368 bits per heavy atom. The SMILES string of the molecule is COCC(Oc1ccc(C(OC)C(CO)Oc2ccc(CC(C)C)cc2OC)cc1OC)C(O)c1ccc(OC(CO)C(OC)c2ccc(OC(COC)C(O)c3ccc(OC(C)C)c(OC)c3)c(OC)c2)c(OC)c1. The first-order chi connectivity index (χ1) is 36.6. The van der Waals surface area contributed by atoms with E-state index < -0.39 is 55.4 Å². The average molecular weight is 1060 g/mol. The summed E-state index contributed by atoms with van der Waals surface area (Å²) in [5.41, 5.74) is 3.25. The number of aliphatic hydroxyl groups is 4. The van der Waals surface area contributed by atoms with Crippen molar-refractivity contribution < 1.29 is 86.7 Å². The van der Waals surface area contributed by atoms with E-state index >= 15 is 0 Å². The number of aliphatic hydroxyl groups excluding tert-OH is 4. The van der Waals surface area contributed by atoms with E-state index in [2.05, 4.69) is 13.8 Å². The van der Waals surface area contributed by atoms with E-state index in [1.807, 2.05) is 32.0 Å². The molecule has 0 fully saturated rings. The van der Waals surface area contributed by atoms with Crippen molar-refractivity contribution in [2.75, 3.05) is 90.4 Å². The molecule has 0 amide bonds. The second kappa shape index (κ2) is 29.9. The Morgan fingerprint density at radius 3 is 1.00 bits per heavy atom. The Labute approximate surface area is 447 Å². The predicted molar refractivity (Wildman–Crippen MR) is 284 cm³/mol. The highest BCUT2D eigenvalue weighted by Crippen LogP contribution is 2.41. The van der Waals surface area contributed by atoms with Crippen LogP contribution in [0.1, 0.15) is 79.9 Å². The molecule has 0 spiro atoms. The molecular formula is C58H78O18. The van der Waals surface area contributed by atoms with Crippen molar-refractivity contribution in [1.82, 2.24) is 0 Å². The highest BCUT2D eigenvalue weighted by atomic mass is 16.6. The van der Waals surface area contributed by atoms with Gasteiger partial charge in [0.15, 0.2) is 81.9 Å². The second-order valence-corrected chi connectivity index (χ2v) is 18.5. The van der Waals surface area contributed by atoms with Crippen LogP contribution in [0.5, 0.6) is 57.5 Å². The fourth-order valence-corrected chi connectivity index (χ4v) is 8.69. The van der Waals surface area contributed by atoms with Gasteiger partial charge in [0.2, 0.25) is 0 Å². The van der Waals surface area contributed by atoms with Crippen molar-refractivity contribution >= 4 is 0 Å². The van der Waals surface area contributed by atoms with Crippen LogP contribution in [0, 0.1) is 5.92 Å². The van der Waals surface area contributed by atoms with Crippen molar-refractivity contribution in [1.29, 1.82) is 0 Å². The van der Waals surface area contributed by atoms with Crippen LogP contribution in [0.4, 0.5) is 0 Å². The largest absolute Gasteiger partial charge is 0.493 e. The average Bonchev–Trinajstić information content (AvgIpc) is 3.42. The summed E-state index contributed by atoms with van der Waals surface area (Å²) in [7, 11) is 13.6. The Balaban J connectivity index is 1.32. The highest BCUT2D eigenvalue weighted by Gasteiger charge is 2.32. The Bertz CT molecular complexity index is 2530. The van der Waals surface area contributed by atoms with Crippen LogP contribution in [0.3, 0.4) is 0 Å². The Morgan fingerprint density at radius 2 is 0.684 bits per heavy atom. The molecule has 0 saturated carbocycles. The molecule has 8 unspecified atom stereocenters. The number of hydrogen-bond donors (Lipinski definition) is 4. The molecule has 418 valence electrons. The third-order valence-electron chi connectivity index (χ3n) is 12.3. The molecule has 4 N–H and O–H groups in total. The minimum atomic E-state index is -1.25. The van der Waals surface area contributed by atoms with Gasteiger partial charge in [-0.15, -0.1) is 0 Å². The van der Waals surface area contributed by atoms with E-state index in [4.69, 9.17) is 66.3 Å². The van der Waals surface area contributed by atoms with Crippen LogP contribution < -0.4 is 47.4 Å². The molecule has 0 aliphatic rings. The van der Waals surface area contributed by atoms with Crippen LogP contribution in [-0.4, -0.2) is 141 Å². The molecule has 5 rings (SSSR count). The van der Waals surface area contributed by atoms with Gasteiger partial charge in [-0.05, 0) is 115 Å². The van der Waals surface area contributed by atoms with Crippen molar-refractivity contribution in [3.63, 3.8) is 0 Å². The maximum absolute atomic E-state index is 11.9. The van der Waals surface area contributed by atoms with Gasteiger partial charge in [-0.2, -0.15) is 0 Å². The van der Waals surface area contributed by atoms with Crippen molar-refractivity contribution in [2.24, 2.45) is 5.92 Å². The van der Waals surface area contributed by atoms with Gasteiger partial charge in [0.1, 0.15) is 24.4 Å². The van der Waals surface area contributed by atoms with E-state index in [9.17, 15) is 20.4 Å². The maximum atomic E-state index is 11.9. The number of methoxy groups -OCH3 is 9. The fourth-order valence-electron chi connectivity index (χ4n) is 8.69. The summed E-state index contributed by atoms with van der Waals surface area (Å²) in [6.07, 6.45) is -6.76. The quantitative estimate of drug-likeness (QED) is 0.0312. The minimum absolute atomic E-state index is 0.0218. The molecule has 5 aromatic carbocycles. The monoisotopic (exact) mass is 1060 g/mol. The zero-order valence-corrected chi connectivity index (χ0v) is 46.0. The maximum Gasteiger partial charge on any atom is 0.161 e. The first kappa shape index (κ1) is 60.6. The molecule has 0 bridgehead atoms. The molecule has 0 radical (unpaired) electrons. The molecule has 0 aliphatic heterocycles. The van der Waals surface area contributed by atoms with Crippen LogP contribution in [-0.2, 0) is 25.4 Å². The summed E-state index contributed by atoms with van der Waals surface area (Å²) < 4.78 is 82.5. The predicted octanol–water partition coefficient (Wildman–Crippen LogP) is 8.22. The summed E-state index contributed by atoms with van der Waals surface area (Å²) in [6, 6.07) is 26.1. The van der Waals surface area contributed by atoms with E-state index in [1.54, 1.807) is 79.9 Å². The normalized spacial score (nSPS) is 14.7. The fraction of sp³-hybridized carbons (Fsp3) is 0.483.